The van der Waals surface area contributed by atoms with Crippen LogP contribution in [-0.2, 0) is 16.6 Å². The van der Waals surface area contributed by atoms with E-state index in [-0.39, 0.29) is 17.6 Å². The van der Waals surface area contributed by atoms with Crippen molar-refractivity contribution in [3.05, 3.63) is 23.2 Å². The van der Waals surface area contributed by atoms with Crippen LogP contribution in [0.4, 0.5) is 0 Å². The fourth-order valence-electron chi connectivity index (χ4n) is 1.51. The zero-order valence-corrected chi connectivity index (χ0v) is 9.50. The van der Waals surface area contributed by atoms with Crippen LogP contribution in [0.25, 0.3) is 0 Å². The SMILES string of the molecule is O=S1(=O)CCCN1Cc1ccnc(Cl)n1. The standard InChI is InChI=1S/C8H10ClN3O2S/c9-8-10-3-2-7(11-8)6-12-4-1-5-15(12,13)14/h2-3H,1,4-6H2. The van der Waals surface area contributed by atoms with E-state index in [4.69, 9.17) is 11.6 Å². The molecule has 0 N–H and O–H groups in total. The average molecular weight is 248 g/mol. The first kappa shape index (κ1) is 10.8. The number of hydrogen-bond donors (Lipinski definition) is 0. The van der Waals surface area contributed by atoms with E-state index in [1.165, 1.54) is 10.5 Å². The van der Waals surface area contributed by atoms with Gasteiger partial charge in [0.05, 0.1) is 18.0 Å². The van der Waals surface area contributed by atoms with E-state index in [9.17, 15) is 8.42 Å². The maximum Gasteiger partial charge on any atom is 0.222 e. The summed E-state index contributed by atoms with van der Waals surface area (Å²) in [6, 6.07) is 1.67. The van der Waals surface area contributed by atoms with Crippen LogP contribution in [0.15, 0.2) is 12.3 Å². The first-order chi connectivity index (χ1) is 7.08. The fourth-order valence-corrected chi connectivity index (χ4v) is 3.16. The first-order valence-corrected chi connectivity index (χ1v) is 6.52. The maximum atomic E-state index is 11.5. The molecule has 1 aliphatic rings. The third kappa shape index (κ3) is 2.45. The van der Waals surface area contributed by atoms with Gasteiger partial charge in [-0.3, -0.25) is 0 Å². The Kier molecular flexibility index (Phi) is 2.90. The van der Waals surface area contributed by atoms with Crippen molar-refractivity contribution in [2.24, 2.45) is 0 Å². The van der Waals surface area contributed by atoms with Crippen LogP contribution in [0, 0.1) is 0 Å². The summed E-state index contributed by atoms with van der Waals surface area (Å²) in [7, 11) is -3.07. The van der Waals surface area contributed by atoms with Crippen LogP contribution in [0.2, 0.25) is 5.28 Å². The second kappa shape index (κ2) is 4.03. The summed E-state index contributed by atoms with van der Waals surface area (Å²) in [5.74, 6) is 0.228. The quantitative estimate of drug-likeness (QED) is 0.721. The fraction of sp³-hybridized carbons (Fsp3) is 0.500. The van der Waals surface area contributed by atoms with E-state index in [1.54, 1.807) is 6.07 Å². The minimum absolute atomic E-state index is 0.143. The van der Waals surface area contributed by atoms with Gasteiger partial charge in [0.25, 0.3) is 0 Å². The molecule has 2 rings (SSSR count). The van der Waals surface area contributed by atoms with Gasteiger partial charge >= 0.3 is 0 Å². The van der Waals surface area contributed by atoms with Crippen molar-refractivity contribution < 1.29 is 8.42 Å². The van der Waals surface area contributed by atoms with Gasteiger partial charge in [0.15, 0.2) is 0 Å². The van der Waals surface area contributed by atoms with E-state index in [0.717, 1.165) is 0 Å². The third-order valence-electron chi connectivity index (χ3n) is 2.23. The maximum absolute atomic E-state index is 11.5. The number of halogens is 1. The summed E-state index contributed by atoms with van der Waals surface area (Å²) in [4.78, 5) is 7.69. The Bertz CT molecular complexity index is 463. The van der Waals surface area contributed by atoms with Gasteiger partial charge in [-0.2, -0.15) is 4.31 Å². The Morgan fingerprint density at radius 2 is 2.33 bits per heavy atom. The Morgan fingerprint density at radius 1 is 1.53 bits per heavy atom. The molecule has 1 saturated heterocycles. The second-order valence-electron chi connectivity index (χ2n) is 3.32. The normalized spacial score (nSPS) is 20.6. The number of aromatic nitrogens is 2. The van der Waals surface area contributed by atoms with Crippen molar-refractivity contribution in [1.82, 2.24) is 14.3 Å². The third-order valence-corrected chi connectivity index (χ3v) is 4.31. The lowest BCUT2D eigenvalue weighted by Gasteiger charge is -2.12. The number of rotatable bonds is 2. The molecule has 0 spiro atoms. The number of nitrogens with zero attached hydrogens (tertiary/aromatic N) is 3. The summed E-state index contributed by atoms with van der Waals surface area (Å²) in [5.41, 5.74) is 0.625. The predicted octanol–water partition coefficient (Wildman–Crippen LogP) is 0.666. The highest BCUT2D eigenvalue weighted by atomic mass is 35.5. The largest absolute Gasteiger partial charge is 0.227 e. The van der Waals surface area contributed by atoms with Crippen LogP contribution in [0.3, 0.4) is 0 Å². The molecule has 0 amide bonds. The van der Waals surface area contributed by atoms with E-state index in [1.807, 2.05) is 0 Å². The first-order valence-electron chi connectivity index (χ1n) is 4.53. The lowest BCUT2D eigenvalue weighted by Crippen LogP contribution is -2.25. The molecular weight excluding hydrogens is 238 g/mol. The average Bonchev–Trinajstić information content (AvgIpc) is 2.46. The molecule has 0 unspecified atom stereocenters. The lowest BCUT2D eigenvalue weighted by molar-refractivity contribution is 0.434. The highest BCUT2D eigenvalue weighted by Crippen LogP contribution is 2.16. The van der Waals surface area contributed by atoms with Gasteiger partial charge in [0.2, 0.25) is 15.3 Å². The number of sulfonamides is 1. The topological polar surface area (TPSA) is 63.2 Å². The summed E-state index contributed by atoms with van der Waals surface area (Å²) in [6.45, 7) is 0.842. The smallest absolute Gasteiger partial charge is 0.222 e. The Balaban J connectivity index is 2.16. The molecule has 1 aromatic rings. The van der Waals surface area contributed by atoms with Crippen molar-refractivity contribution in [1.29, 1.82) is 0 Å². The molecule has 15 heavy (non-hydrogen) atoms. The van der Waals surface area contributed by atoms with Crippen molar-refractivity contribution in [3.8, 4) is 0 Å². The van der Waals surface area contributed by atoms with Gasteiger partial charge < -0.3 is 0 Å². The monoisotopic (exact) mass is 247 g/mol. The number of hydrogen-bond acceptors (Lipinski definition) is 4. The molecule has 0 saturated carbocycles. The van der Waals surface area contributed by atoms with Crippen LogP contribution in [-0.4, -0.2) is 35.0 Å². The summed E-state index contributed by atoms with van der Waals surface area (Å²) in [5, 5.41) is 0.143. The van der Waals surface area contributed by atoms with E-state index >= 15 is 0 Å². The van der Waals surface area contributed by atoms with Crippen LogP contribution >= 0.6 is 11.6 Å². The molecule has 1 fully saturated rings. The Labute approximate surface area is 93.1 Å². The van der Waals surface area contributed by atoms with Gasteiger partial charge in [-0.15, -0.1) is 0 Å². The van der Waals surface area contributed by atoms with Crippen LogP contribution in [0.1, 0.15) is 12.1 Å². The molecule has 7 heteroatoms. The molecule has 2 heterocycles. The zero-order valence-electron chi connectivity index (χ0n) is 7.93. The van der Waals surface area contributed by atoms with Gasteiger partial charge in [0, 0.05) is 12.7 Å². The minimum atomic E-state index is -3.07. The predicted molar refractivity (Wildman–Crippen MR) is 55.9 cm³/mol. The molecule has 82 valence electrons. The molecule has 1 aliphatic heterocycles. The van der Waals surface area contributed by atoms with Gasteiger partial charge in [-0.05, 0) is 24.1 Å². The van der Waals surface area contributed by atoms with Crippen molar-refractivity contribution in [2.45, 2.75) is 13.0 Å². The van der Waals surface area contributed by atoms with E-state index in [2.05, 4.69) is 9.97 Å². The molecule has 0 aliphatic carbocycles. The van der Waals surface area contributed by atoms with Gasteiger partial charge in [0.1, 0.15) is 0 Å². The Morgan fingerprint density at radius 3 is 2.93 bits per heavy atom. The second-order valence-corrected chi connectivity index (χ2v) is 5.75. The zero-order chi connectivity index (χ0) is 10.9. The van der Waals surface area contributed by atoms with E-state index < -0.39 is 10.0 Å². The van der Waals surface area contributed by atoms with Crippen molar-refractivity contribution >= 4 is 21.6 Å². The highest BCUT2D eigenvalue weighted by molar-refractivity contribution is 7.89. The molecule has 0 bridgehead atoms. The summed E-state index contributed by atoms with van der Waals surface area (Å²) in [6.07, 6.45) is 2.20. The van der Waals surface area contributed by atoms with Crippen molar-refractivity contribution in [2.75, 3.05) is 12.3 Å². The van der Waals surface area contributed by atoms with Crippen LogP contribution < -0.4 is 0 Å². The molecule has 5 nitrogen and oxygen atoms in total. The lowest BCUT2D eigenvalue weighted by atomic mass is 10.4. The highest BCUT2D eigenvalue weighted by Gasteiger charge is 2.28. The summed E-state index contributed by atoms with van der Waals surface area (Å²) < 4.78 is 24.4. The molecular formula is C8H10ClN3O2S. The Hall–Kier alpha value is -0.720. The van der Waals surface area contributed by atoms with Crippen LogP contribution in [0.5, 0.6) is 0 Å². The van der Waals surface area contributed by atoms with Crippen molar-refractivity contribution in [3.63, 3.8) is 0 Å². The van der Waals surface area contributed by atoms with Gasteiger partial charge in [-0.25, -0.2) is 18.4 Å². The minimum Gasteiger partial charge on any atom is -0.227 e. The summed E-state index contributed by atoms with van der Waals surface area (Å²) >= 11 is 5.61. The van der Waals surface area contributed by atoms with Gasteiger partial charge in [-0.1, -0.05) is 0 Å². The van der Waals surface area contributed by atoms with E-state index in [0.29, 0.717) is 18.7 Å². The molecule has 1 aromatic heterocycles. The molecule has 0 aromatic carbocycles. The molecule has 0 radical (unpaired) electrons. The molecule has 0 atom stereocenters.